The Kier molecular flexibility index (Phi) is 49.7. The number of unbranched alkanes of at least 4 members (excludes halogenated alkanes) is 27. The van der Waals surface area contributed by atoms with Gasteiger partial charge in [0.15, 0.2) is 18.9 Å². The van der Waals surface area contributed by atoms with Crippen molar-refractivity contribution in [3.05, 3.63) is 85.1 Å². The van der Waals surface area contributed by atoms with E-state index in [0.717, 1.165) is 70.6 Å². The molecule has 0 spiro atoms. The number of nitrogens with one attached hydrogen (secondary N) is 1. The van der Waals surface area contributed by atoms with Crippen LogP contribution in [0.1, 0.15) is 245 Å². The maximum Gasteiger partial charge on any atom is 0.220 e. The number of carbonyl (C=O) groups is 1. The Morgan fingerprint density at radius 1 is 0.398 bits per heavy atom. The van der Waals surface area contributed by atoms with E-state index in [-0.39, 0.29) is 18.9 Å². The quantitative estimate of drug-likeness (QED) is 0.0199. The van der Waals surface area contributed by atoms with Crippen molar-refractivity contribution in [2.24, 2.45) is 0 Å². The molecule has 17 unspecified atom stereocenters. The lowest BCUT2D eigenvalue weighted by molar-refractivity contribution is -0.379. The van der Waals surface area contributed by atoms with Gasteiger partial charge in [-0.2, -0.15) is 0 Å². The highest BCUT2D eigenvalue weighted by atomic mass is 16.8. The van der Waals surface area contributed by atoms with Crippen LogP contribution in [-0.4, -0.2) is 193 Å². The van der Waals surface area contributed by atoms with Crippen LogP contribution in [0.15, 0.2) is 85.1 Å². The Labute approximate surface area is 559 Å². The van der Waals surface area contributed by atoms with Crippen LogP contribution in [0.25, 0.3) is 0 Å². The lowest BCUT2D eigenvalue weighted by Crippen LogP contribution is -2.66. The zero-order valence-electron chi connectivity index (χ0n) is 57.0. The molecule has 3 rings (SSSR count). The van der Waals surface area contributed by atoms with E-state index in [9.17, 15) is 61.0 Å². The van der Waals surface area contributed by atoms with Crippen molar-refractivity contribution in [1.29, 1.82) is 0 Å². The molecule has 0 radical (unpaired) electrons. The van der Waals surface area contributed by atoms with Crippen LogP contribution in [0.3, 0.4) is 0 Å². The molecule has 0 bridgehead atoms. The second kappa shape index (κ2) is 54.9. The van der Waals surface area contributed by atoms with E-state index in [4.69, 9.17) is 28.4 Å². The number of hydrogen-bond donors (Lipinski definition) is 12. The standard InChI is InChI=1S/C74H129NO18/c1-3-5-7-9-11-13-15-17-19-21-22-23-24-25-26-27-28-29-30-31-32-33-34-36-38-40-42-44-46-48-50-52-62(80)75-57(58(79)51-49-47-45-43-41-39-37-35-20-18-16-14-12-10-8-6-4-2)56-88-72-68(86)65(83)70(60(54-77)90-72)93-74-69(87)66(84)71(61(55-78)91-74)92-73-67(85)64(82)63(81)59(53-76)89-73/h5,7,11,13,17,19-20,22-23,35,41,43,49,51,57-61,63-74,76-79,81-87H,3-4,6,8-10,12,14-16,18,21,24-34,36-40,42,44-48,50,52-56H2,1-2H3,(H,75,80)/b7-5-,13-11-,19-17-,23-22-,35-20+,43-41+,51-49+. The second-order valence-corrected chi connectivity index (χ2v) is 25.6. The maximum absolute atomic E-state index is 13.4. The Bertz CT molecular complexity index is 2010. The van der Waals surface area contributed by atoms with Crippen LogP contribution < -0.4 is 5.32 Å². The first kappa shape index (κ1) is 84.2. The van der Waals surface area contributed by atoms with Crippen LogP contribution >= 0.6 is 0 Å². The highest BCUT2D eigenvalue weighted by molar-refractivity contribution is 5.76. The monoisotopic (exact) mass is 1320 g/mol. The van der Waals surface area contributed by atoms with Gasteiger partial charge in [0.1, 0.15) is 73.2 Å². The van der Waals surface area contributed by atoms with Crippen molar-refractivity contribution in [3.63, 3.8) is 0 Å². The summed E-state index contributed by atoms with van der Waals surface area (Å²) in [6.07, 6.45) is 44.2. The lowest BCUT2D eigenvalue weighted by Gasteiger charge is -2.48. The first-order chi connectivity index (χ1) is 45.3. The van der Waals surface area contributed by atoms with Gasteiger partial charge in [0.05, 0.1) is 38.6 Å². The zero-order valence-corrected chi connectivity index (χ0v) is 57.0. The van der Waals surface area contributed by atoms with Gasteiger partial charge in [-0.1, -0.05) is 240 Å². The SMILES string of the molecule is CC/C=C\C/C=C\C/C=C\C/C=C\CCCCCCCCCCCCCCCCCCCCC(=O)NC(COC1OC(CO)C(OC2OC(CO)C(OC3OC(CO)C(O)C(O)C3O)C(O)C2O)C(O)C1O)C(O)/C=C/CC/C=C/CC/C=C/CCCCCCCCC. The van der Waals surface area contributed by atoms with Gasteiger partial charge in [-0.25, -0.2) is 0 Å². The number of rotatable bonds is 55. The summed E-state index contributed by atoms with van der Waals surface area (Å²) in [7, 11) is 0. The van der Waals surface area contributed by atoms with E-state index < -0.39 is 124 Å². The summed E-state index contributed by atoms with van der Waals surface area (Å²) >= 11 is 0. The van der Waals surface area contributed by atoms with Gasteiger partial charge in [-0.15, -0.1) is 0 Å². The number of hydrogen-bond acceptors (Lipinski definition) is 18. The summed E-state index contributed by atoms with van der Waals surface area (Å²) < 4.78 is 34.3. The van der Waals surface area contributed by atoms with Crippen LogP contribution in [0.5, 0.6) is 0 Å². The number of amides is 1. The normalized spacial score (nSPS) is 28.0. The molecule has 12 N–H and O–H groups in total. The Balaban J connectivity index is 1.39. The number of carbonyl (C=O) groups excluding carboxylic acids is 1. The number of aliphatic hydroxyl groups excluding tert-OH is 11. The molecular formula is C74H129NO18. The molecule has 93 heavy (non-hydrogen) atoms. The first-order valence-corrected chi connectivity index (χ1v) is 36.3. The molecule has 3 aliphatic heterocycles. The summed E-state index contributed by atoms with van der Waals surface area (Å²) in [5.41, 5.74) is 0. The van der Waals surface area contributed by atoms with Crippen molar-refractivity contribution in [2.45, 2.75) is 349 Å². The third-order valence-corrected chi connectivity index (χ3v) is 17.7. The zero-order chi connectivity index (χ0) is 67.5. The van der Waals surface area contributed by atoms with E-state index >= 15 is 0 Å². The predicted octanol–water partition coefficient (Wildman–Crippen LogP) is 10.3. The third kappa shape index (κ3) is 36.4. The summed E-state index contributed by atoms with van der Waals surface area (Å²) in [5.74, 6) is -0.290. The fourth-order valence-electron chi connectivity index (χ4n) is 11.8. The Hall–Kier alpha value is -3.03. The topological polar surface area (TPSA) is 307 Å². The molecule has 3 heterocycles. The smallest absolute Gasteiger partial charge is 0.220 e. The van der Waals surface area contributed by atoms with Crippen LogP contribution in [0, 0.1) is 0 Å². The molecule has 17 atom stereocenters. The molecule has 0 aromatic heterocycles. The Morgan fingerprint density at radius 2 is 0.753 bits per heavy atom. The molecule has 1 amide bonds. The summed E-state index contributed by atoms with van der Waals surface area (Å²) in [6.45, 7) is 1.59. The highest BCUT2D eigenvalue weighted by Gasteiger charge is 2.53. The van der Waals surface area contributed by atoms with E-state index in [1.165, 1.54) is 141 Å². The third-order valence-electron chi connectivity index (χ3n) is 17.7. The fourth-order valence-corrected chi connectivity index (χ4v) is 11.8. The van der Waals surface area contributed by atoms with Crippen molar-refractivity contribution in [3.8, 4) is 0 Å². The summed E-state index contributed by atoms with van der Waals surface area (Å²) in [5, 5.41) is 121. The van der Waals surface area contributed by atoms with E-state index in [0.29, 0.717) is 12.8 Å². The average Bonchev–Trinajstić information content (AvgIpc) is 0.900. The van der Waals surface area contributed by atoms with Gasteiger partial charge in [-0.05, 0) is 83.5 Å². The minimum atomic E-state index is -1.98. The molecule has 3 saturated heterocycles. The molecule has 3 aliphatic rings. The minimum Gasteiger partial charge on any atom is -0.394 e. The molecule has 19 heteroatoms. The van der Waals surface area contributed by atoms with E-state index in [1.54, 1.807) is 6.08 Å². The van der Waals surface area contributed by atoms with Crippen molar-refractivity contribution < 1.29 is 89.4 Å². The summed E-state index contributed by atoms with van der Waals surface area (Å²) in [6, 6.07) is -1.000. The van der Waals surface area contributed by atoms with E-state index in [1.807, 2.05) is 6.08 Å². The minimum absolute atomic E-state index is 0.230. The number of ether oxygens (including phenoxy) is 6. The van der Waals surface area contributed by atoms with Crippen LogP contribution in [0.4, 0.5) is 0 Å². The van der Waals surface area contributed by atoms with Gasteiger partial charge < -0.3 is 89.9 Å². The highest BCUT2D eigenvalue weighted by Crippen LogP contribution is 2.33. The molecular weight excluding hydrogens is 1190 g/mol. The first-order valence-electron chi connectivity index (χ1n) is 36.3. The average molecular weight is 1320 g/mol. The molecule has 0 aromatic rings. The van der Waals surface area contributed by atoms with Gasteiger partial charge in [0, 0.05) is 6.42 Å². The van der Waals surface area contributed by atoms with Crippen molar-refractivity contribution in [2.75, 3.05) is 26.4 Å². The predicted molar refractivity (Wildman–Crippen MR) is 364 cm³/mol. The number of allylic oxidation sites excluding steroid dienone is 13. The summed E-state index contributed by atoms with van der Waals surface area (Å²) in [4.78, 5) is 13.4. The van der Waals surface area contributed by atoms with Gasteiger partial charge in [-0.3, -0.25) is 4.79 Å². The molecule has 3 fully saturated rings. The Morgan fingerprint density at radius 3 is 1.20 bits per heavy atom. The van der Waals surface area contributed by atoms with Crippen molar-refractivity contribution in [1.82, 2.24) is 5.32 Å². The van der Waals surface area contributed by atoms with Gasteiger partial charge in [0.25, 0.3) is 0 Å². The molecule has 0 saturated carbocycles. The molecule has 538 valence electrons. The molecule has 0 aliphatic carbocycles. The lowest BCUT2D eigenvalue weighted by atomic mass is 9.96. The van der Waals surface area contributed by atoms with Crippen LogP contribution in [0.2, 0.25) is 0 Å². The van der Waals surface area contributed by atoms with Crippen LogP contribution in [-0.2, 0) is 33.2 Å². The second-order valence-electron chi connectivity index (χ2n) is 25.6. The number of aliphatic hydroxyl groups is 11. The fraction of sp³-hybridized carbons (Fsp3) is 0.797. The van der Waals surface area contributed by atoms with Gasteiger partial charge in [0.2, 0.25) is 5.91 Å². The van der Waals surface area contributed by atoms with Crippen molar-refractivity contribution >= 4 is 5.91 Å². The van der Waals surface area contributed by atoms with E-state index in [2.05, 4.69) is 92.1 Å². The largest absolute Gasteiger partial charge is 0.394 e. The molecule has 0 aromatic carbocycles. The maximum atomic E-state index is 13.4. The van der Waals surface area contributed by atoms with Gasteiger partial charge >= 0.3 is 0 Å². The molecule has 19 nitrogen and oxygen atoms in total.